The minimum absolute atomic E-state index is 0.308. The molecule has 0 saturated heterocycles. The van der Waals surface area contributed by atoms with Gasteiger partial charge in [-0.3, -0.25) is 0 Å². The summed E-state index contributed by atoms with van der Waals surface area (Å²) < 4.78 is 14.0. The lowest BCUT2D eigenvalue weighted by molar-refractivity contribution is 0.0729. The van der Waals surface area contributed by atoms with Gasteiger partial charge in [-0.1, -0.05) is 12.5 Å². The molecule has 0 spiro atoms. The van der Waals surface area contributed by atoms with Crippen molar-refractivity contribution in [2.75, 3.05) is 7.11 Å². The van der Waals surface area contributed by atoms with Crippen molar-refractivity contribution in [1.29, 1.82) is 5.26 Å². The second-order valence-corrected chi connectivity index (χ2v) is 8.62. The number of methoxy groups -OCH3 is 1. The van der Waals surface area contributed by atoms with Crippen LogP contribution in [0.25, 0.3) is 11.6 Å². The Balaban J connectivity index is 1.60. The van der Waals surface area contributed by atoms with Crippen molar-refractivity contribution in [2.45, 2.75) is 32.2 Å². The van der Waals surface area contributed by atoms with Gasteiger partial charge < -0.3 is 14.0 Å². The summed E-state index contributed by atoms with van der Waals surface area (Å²) in [5.41, 5.74) is 1.62. The SMILES string of the molecule is COc1cc(/C=C(\C#N)c2nnc3n2CCCCC3)ccc1OC(=O)c1ccc(I)cc1. The topological polar surface area (TPSA) is 90.0 Å². The Morgan fingerprint density at radius 3 is 2.69 bits per heavy atom. The molecule has 1 aromatic heterocycles. The van der Waals surface area contributed by atoms with Crippen molar-refractivity contribution in [1.82, 2.24) is 14.8 Å². The number of allylic oxidation sites excluding steroid dienone is 1. The number of ether oxygens (including phenoxy) is 2. The average Bonchev–Trinajstić information content (AvgIpc) is 3.06. The first-order chi connectivity index (χ1) is 15.6. The van der Waals surface area contributed by atoms with Gasteiger partial charge in [0, 0.05) is 16.5 Å². The first-order valence-electron chi connectivity index (χ1n) is 10.3. The molecule has 0 aliphatic carbocycles. The number of aromatic nitrogens is 3. The van der Waals surface area contributed by atoms with Crippen LogP contribution in [0.5, 0.6) is 11.5 Å². The molecular weight excluding hydrogens is 519 g/mol. The highest BCUT2D eigenvalue weighted by Gasteiger charge is 2.18. The van der Waals surface area contributed by atoms with Crippen LogP contribution in [0.1, 0.15) is 46.8 Å². The van der Waals surface area contributed by atoms with Crippen molar-refractivity contribution >= 4 is 40.2 Å². The van der Waals surface area contributed by atoms with E-state index in [0.29, 0.717) is 28.5 Å². The monoisotopic (exact) mass is 540 g/mol. The van der Waals surface area contributed by atoms with E-state index in [1.807, 2.05) is 16.7 Å². The maximum atomic E-state index is 12.5. The molecule has 0 atom stereocenters. The third kappa shape index (κ3) is 4.83. The summed E-state index contributed by atoms with van der Waals surface area (Å²) in [5.74, 6) is 1.75. The second kappa shape index (κ2) is 9.96. The van der Waals surface area contributed by atoms with Crippen LogP contribution in [0.2, 0.25) is 0 Å². The highest BCUT2D eigenvalue weighted by Crippen LogP contribution is 2.31. The Kier molecular flexibility index (Phi) is 6.85. The number of halogens is 1. The van der Waals surface area contributed by atoms with Gasteiger partial charge in [0.15, 0.2) is 17.3 Å². The van der Waals surface area contributed by atoms with Crippen LogP contribution >= 0.6 is 22.6 Å². The number of esters is 1. The summed E-state index contributed by atoms with van der Waals surface area (Å²) in [6.45, 7) is 0.813. The van der Waals surface area contributed by atoms with Crippen molar-refractivity contribution in [3.05, 3.63) is 68.8 Å². The van der Waals surface area contributed by atoms with Gasteiger partial charge in [-0.05, 0) is 83.5 Å². The molecule has 2 aromatic carbocycles. The highest BCUT2D eigenvalue weighted by molar-refractivity contribution is 14.1. The molecule has 3 aromatic rings. The summed E-state index contributed by atoms with van der Waals surface area (Å²) in [6.07, 6.45) is 5.90. The van der Waals surface area contributed by atoms with E-state index in [1.54, 1.807) is 36.4 Å². The van der Waals surface area contributed by atoms with E-state index in [1.165, 1.54) is 7.11 Å². The zero-order valence-electron chi connectivity index (χ0n) is 17.5. The smallest absolute Gasteiger partial charge is 0.343 e. The minimum Gasteiger partial charge on any atom is -0.493 e. The van der Waals surface area contributed by atoms with Gasteiger partial charge in [0.25, 0.3) is 0 Å². The molecule has 1 aliphatic rings. The average molecular weight is 540 g/mol. The third-order valence-corrected chi connectivity index (χ3v) is 5.97. The molecule has 0 unspecified atom stereocenters. The molecule has 0 N–H and O–H groups in total. The van der Waals surface area contributed by atoms with Crippen LogP contribution in [0.4, 0.5) is 0 Å². The lowest BCUT2D eigenvalue weighted by atomic mass is 10.1. The number of carbonyl (C=O) groups excluding carboxylic acids is 1. The number of benzene rings is 2. The predicted octanol–water partition coefficient (Wildman–Crippen LogP) is 4.90. The second-order valence-electron chi connectivity index (χ2n) is 7.38. The molecule has 0 saturated carbocycles. The Hall–Kier alpha value is -3.19. The van der Waals surface area contributed by atoms with E-state index in [-0.39, 0.29) is 0 Å². The predicted molar refractivity (Wildman–Crippen MR) is 128 cm³/mol. The van der Waals surface area contributed by atoms with Crippen molar-refractivity contribution in [2.24, 2.45) is 0 Å². The van der Waals surface area contributed by atoms with Crippen LogP contribution < -0.4 is 9.47 Å². The van der Waals surface area contributed by atoms with Crippen LogP contribution in [-0.4, -0.2) is 27.8 Å². The number of hydrogen-bond acceptors (Lipinski definition) is 6. The first-order valence-corrected chi connectivity index (χ1v) is 11.4. The summed E-state index contributed by atoms with van der Waals surface area (Å²) in [6, 6.07) is 14.5. The van der Waals surface area contributed by atoms with E-state index in [9.17, 15) is 10.1 Å². The Labute approximate surface area is 199 Å². The van der Waals surface area contributed by atoms with Crippen molar-refractivity contribution in [3.63, 3.8) is 0 Å². The Morgan fingerprint density at radius 2 is 1.94 bits per heavy atom. The van der Waals surface area contributed by atoms with E-state index in [4.69, 9.17) is 9.47 Å². The Bertz CT molecular complexity index is 1210. The summed E-state index contributed by atoms with van der Waals surface area (Å²) in [4.78, 5) is 12.5. The largest absolute Gasteiger partial charge is 0.493 e. The van der Waals surface area contributed by atoms with E-state index in [0.717, 1.165) is 47.2 Å². The molecule has 2 heterocycles. The van der Waals surface area contributed by atoms with E-state index < -0.39 is 5.97 Å². The molecule has 0 radical (unpaired) electrons. The molecule has 0 amide bonds. The molecule has 7 nitrogen and oxygen atoms in total. The molecule has 4 rings (SSSR count). The van der Waals surface area contributed by atoms with E-state index in [2.05, 4.69) is 38.9 Å². The number of nitriles is 1. The molecule has 8 heteroatoms. The number of rotatable bonds is 5. The maximum Gasteiger partial charge on any atom is 0.343 e. The minimum atomic E-state index is -0.466. The summed E-state index contributed by atoms with van der Waals surface area (Å²) in [7, 11) is 1.51. The van der Waals surface area contributed by atoms with Crippen LogP contribution in [0.15, 0.2) is 42.5 Å². The zero-order valence-corrected chi connectivity index (χ0v) is 19.7. The van der Waals surface area contributed by atoms with E-state index >= 15 is 0 Å². The fourth-order valence-electron chi connectivity index (χ4n) is 3.60. The summed E-state index contributed by atoms with van der Waals surface area (Å²) >= 11 is 2.18. The fraction of sp³-hybridized carbons (Fsp3) is 0.250. The molecule has 0 fully saturated rings. The molecule has 162 valence electrons. The quantitative estimate of drug-likeness (QED) is 0.198. The van der Waals surface area contributed by atoms with Gasteiger partial charge in [0.05, 0.1) is 18.2 Å². The standard InChI is InChI=1S/C24H21IN4O3/c1-31-21-14-16(6-11-20(21)32-24(30)17-7-9-19(25)10-8-17)13-18(15-26)23-28-27-22-5-3-2-4-12-29(22)23/h6-11,13-14H,2-5,12H2,1H3/b18-13+. The summed E-state index contributed by atoms with van der Waals surface area (Å²) in [5, 5.41) is 18.3. The van der Waals surface area contributed by atoms with Crippen molar-refractivity contribution in [3.8, 4) is 17.6 Å². The van der Waals surface area contributed by atoms with Gasteiger partial charge in [0.1, 0.15) is 11.9 Å². The normalized spacial score (nSPS) is 13.6. The molecule has 32 heavy (non-hydrogen) atoms. The Morgan fingerprint density at radius 1 is 1.12 bits per heavy atom. The number of nitrogens with zero attached hydrogens (tertiary/aromatic N) is 4. The first kappa shape index (κ1) is 22.0. The van der Waals surface area contributed by atoms with Crippen LogP contribution in [-0.2, 0) is 13.0 Å². The van der Waals surface area contributed by atoms with Gasteiger partial charge in [0.2, 0.25) is 0 Å². The molecular formula is C24H21IN4O3. The number of hydrogen-bond donors (Lipinski definition) is 0. The zero-order chi connectivity index (χ0) is 22.5. The third-order valence-electron chi connectivity index (χ3n) is 5.25. The van der Waals surface area contributed by atoms with Gasteiger partial charge in [-0.15, -0.1) is 10.2 Å². The maximum absolute atomic E-state index is 12.5. The fourth-order valence-corrected chi connectivity index (χ4v) is 3.96. The van der Waals surface area contributed by atoms with Crippen LogP contribution in [0.3, 0.4) is 0 Å². The number of fused-ring (bicyclic) bond motifs is 1. The lowest BCUT2D eigenvalue weighted by Crippen LogP contribution is -2.09. The lowest BCUT2D eigenvalue weighted by Gasteiger charge is -2.10. The van der Waals surface area contributed by atoms with Crippen molar-refractivity contribution < 1.29 is 14.3 Å². The van der Waals surface area contributed by atoms with Crippen LogP contribution in [0, 0.1) is 14.9 Å². The molecule has 0 bridgehead atoms. The highest BCUT2D eigenvalue weighted by atomic mass is 127. The van der Waals surface area contributed by atoms with Gasteiger partial charge >= 0.3 is 5.97 Å². The van der Waals surface area contributed by atoms with Gasteiger partial charge in [-0.2, -0.15) is 5.26 Å². The van der Waals surface area contributed by atoms with Gasteiger partial charge in [-0.25, -0.2) is 4.79 Å². The number of aryl methyl sites for hydroxylation is 1. The number of carbonyl (C=O) groups is 1. The molecule has 1 aliphatic heterocycles.